The number of aliphatic hydroxyl groups is 1. The minimum Gasteiger partial charge on any atom is -0.387 e. The Balaban J connectivity index is 2.75. The standard InChI is InChI=1S/C8H10NO/c9-6-8(10)7-4-2-1-3-5-7/h1-5,8-10H,6H2/t8-/m1/s1. The van der Waals surface area contributed by atoms with Crippen molar-refractivity contribution in [3.63, 3.8) is 0 Å². The van der Waals surface area contributed by atoms with Crippen LogP contribution in [0.2, 0.25) is 0 Å². The Morgan fingerprint density at radius 3 is 2.40 bits per heavy atom. The molecule has 0 aromatic heterocycles. The van der Waals surface area contributed by atoms with Crippen molar-refractivity contribution in [2.45, 2.75) is 6.10 Å². The fourth-order valence-corrected chi connectivity index (χ4v) is 0.793. The highest BCUT2D eigenvalue weighted by Gasteiger charge is 2.01. The van der Waals surface area contributed by atoms with Crippen LogP contribution < -0.4 is 5.73 Å². The van der Waals surface area contributed by atoms with Crippen molar-refractivity contribution in [1.29, 1.82) is 0 Å². The molecule has 0 aliphatic carbocycles. The Kier molecular flexibility index (Phi) is 2.42. The summed E-state index contributed by atoms with van der Waals surface area (Å²) < 4.78 is 0. The molecule has 0 unspecified atom stereocenters. The average molecular weight is 136 g/mol. The Bertz CT molecular complexity index is 186. The van der Waals surface area contributed by atoms with E-state index in [-0.39, 0.29) is 6.54 Å². The molecule has 10 heavy (non-hydrogen) atoms. The number of aliphatic hydroxyl groups excluding tert-OH is 1. The molecule has 1 aromatic rings. The zero-order chi connectivity index (χ0) is 7.40. The van der Waals surface area contributed by atoms with Crippen molar-refractivity contribution in [1.82, 2.24) is 5.73 Å². The first kappa shape index (κ1) is 7.25. The fourth-order valence-electron chi connectivity index (χ4n) is 0.793. The zero-order valence-corrected chi connectivity index (χ0v) is 5.62. The molecule has 2 nitrogen and oxygen atoms in total. The maximum absolute atomic E-state index is 9.14. The highest BCUT2D eigenvalue weighted by Crippen LogP contribution is 2.09. The second-order valence-electron chi connectivity index (χ2n) is 2.13. The molecule has 1 atom stereocenters. The molecule has 1 aromatic carbocycles. The molecule has 0 aliphatic heterocycles. The predicted molar refractivity (Wildman–Crippen MR) is 39.4 cm³/mol. The van der Waals surface area contributed by atoms with Gasteiger partial charge in [0.15, 0.2) is 0 Å². The van der Waals surface area contributed by atoms with Crippen LogP contribution in [-0.2, 0) is 0 Å². The minimum atomic E-state index is -0.624. The molecule has 0 saturated heterocycles. The van der Waals surface area contributed by atoms with Crippen LogP contribution in [-0.4, -0.2) is 11.7 Å². The Morgan fingerprint density at radius 2 is 1.90 bits per heavy atom. The lowest BCUT2D eigenvalue weighted by Crippen LogP contribution is -2.02. The molecule has 1 radical (unpaired) electrons. The maximum atomic E-state index is 9.14. The SMILES string of the molecule is [NH]C[C@@H](O)c1ccccc1. The van der Waals surface area contributed by atoms with E-state index in [2.05, 4.69) is 0 Å². The molecule has 2 N–H and O–H groups in total. The largest absolute Gasteiger partial charge is 0.387 e. The lowest BCUT2D eigenvalue weighted by atomic mass is 10.1. The van der Waals surface area contributed by atoms with Crippen LogP contribution in [0, 0.1) is 0 Å². The van der Waals surface area contributed by atoms with E-state index in [1.165, 1.54) is 0 Å². The van der Waals surface area contributed by atoms with E-state index in [4.69, 9.17) is 10.8 Å². The van der Waals surface area contributed by atoms with E-state index in [0.29, 0.717) is 0 Å². The average Bonchev–Trinajstić information content (AvgIpc) is 2.05. The van der Waals surface area contributed by atoms with E-state index in [0.717, 1.165) is 5.56 Å². The quantitative estimate of drug-likeness (QED) is 0.647. The summed E-state index contributed by atoms with van der Waals surface area (Å²) in [5.41, 5.74) is 7.71. The second kappa shape index (κ2) is 3.34. The smallest absolute Gasteiger partial charge is 0.0928 e. The number of nitrogens with one attached hydrogen (secondary N) is 1. The van der Waals surface area contributed by atoms with Gasteiger partial charge in [-0.2, -0.15) is 0 Å². The van der Waals surface area contributed by atoms with E-state index in [1.807, 2.05) is 30.3 Å². The van der Waals surface area contributed by atoms with Gasteiger partial charge in [0.1, 0.15) is 0 Å². The van der Waals surface area contributed by atoms with E-state index < -0.39 is 6.10 Å². The summed E-state index contributed by atoms with van der Waals surface area (Å²) in [7, 11) is 0. The van der Waals surface area contributed by atoms with Gasteiger partial charge in [-0.05, 0) is 5.56 Å². The maximum Gasteiger partial charge on any atom is 0.0928 e. The topological polar surface area (TPSA) is 44.0 Å². The van der Waals surface area contributed by atoms with Crippen LogP contribution in [0.4, 0.5) is 0 Å². The van der Waals surface area contributed by atoms with Gasteiger partial charge < -0.3 is 5.11 Å². The summed E-state index contributed by atoms with van der Waals surface area (Å²) in [4.78, 5) is 0. The molecular formula is C8H10NO. The number of rotatable bonds is 2. The van der Waals surface area contributed by atoms with Gasteiger partial charge in [0.05, 0.1) is 6.10 Å². The lowest BCUT2D eigenvalue weighted by molar-refractivity contribution is 0.185. The third-order valence-corrected chi connectivity index (χ3v) is 1.38. The monoisotopic (exact) mass is 136 g/mol. The Hall–Kier alpha value is -0.860. The Morgan fingerprint density at radius 1 is 1.30 bits per heavy atom. The highest BCUT2D eigenvalue weighted by atomic mass is 16.3. The van der Waals surface area contributed by atoms with Gasteiger partial charge in [-0.1, -0.05) is 30.3 Å². The zero-order valence-electron chi connectivity index (χ0n) is 5.62. The van der Waals surface area contributed by atoms with Crippen LogP contribution in [0.25, 0.3) is 0 Å². The van der Waals surface area contributed by atoms with Crippen molar-refractivity contribution in [3.05, 3.63) is 35.9 Å². The van der Waals surface area contributed by atoms with E-state index in [1.54, 1.807) is 0 Å². The van der Waals surface area contributed by atoms with Crippen molar-refractivity contribution >= 4 is 0 Å². The molecule has 0 aliphatic rings. The molecule has 2 heteroatoms. The number of hydrogen-bond acceptors (Lipinski definition) is 1. The van der Waals surface area contributed by atoms with Gasteiger partial charge in [0, 0.05) is 6.54 Å². The van der Waals surface area contributed by atoms with E-state index >= 15 is 0 Å². The first-order chi connectivity index (χ1) is 4.84. The third kappa shape index (κ3) is 1.56. The van der Waals surface area contributed by atoms with Crippen LogP contribution in [0.1, 0.15) is 11.7 Å². The third-order valence-electron chi connectivity index (χ3n) is 1.38. The van der Waals surface area contributed by atoms with Gasteiger partial charge in [0.25, 0.3) is 0 Å². The summed E-state index contributed by atoms with van der Waals surface area (Å²) in [6.07, 6.45) is -0.624. The Labute approximate surface area is 60.3 Å². The van der Waals surface area contributed by atoms with Gasteiger partial charge in [-0.15, -0.1) is 0 Å². The van der Waals surface area contributed by atoms with E-state index in [9.17, 15) is 0 Å². The molecule has 1 rings (SSSR count). The fraction of sp³-hybridized carbons (Fsp3) is 0.250. The summed E-state index contributed by atoms with van der Waals surface area (Å²) >= 11 is 0. The first-order valence-electron chi connectivity index (χ1n) is 3.22. The molecule has 0 heterocycles. The summed E-state index contributed by atoms with van der Waals surface area (Å²) in [6, 6.07) is 9.24. The molecule has 0 saturated carbocycles. The highest BCUT2D eigenvalue weighted by molar-refractivity contribution is 5.17. The van der Waals surface area contributed by atoms with Crippen molar-refractivity contribution in [3.8, 4) is 0 Å². The number of benzene rings is 1. The van der Waals surface area contributed by atoms with Gasteiger partial charge >= 0.3 is 0 Å². The summed E-state index contributed by atoms with van der Waals surface area (Å²) in [5.74, 6) is 0. The van der Waals surface area contributed by atoms with Crippen LogP contribution in [0.3, 0.4) is 0 Å². The molecule has 53 valence electrons. The van der Waals surface area contributed by atoms with Crippen molar-refractivity contribution in [2.75, 3.05) is 6.54 Å². The summed E-state index contributed by atoms with van der Waals surface area (Å²) in [6.45, 7) is 0.0318. The molecule has 0 amide bonds. The molecule has 0 fully saturated rings. The minimum absolute atomic E-state index is 0.0318. The molecular weight excluding hydrogens is 126 g/mol. The normalized spacial score (nSPS) is 13.0. The van der Waals surface area contributed by atoms with Crippen LogP contribution in [0.15, 0.2) is 30.3 Å². The summed E-state index contributed by atoms with van der Waals surface area (Å²) in [5, 5.41) is 9.14. The first-order valence-corrected chi connectivity index (χ1v) is 3.22. The van der Waals surface area contributed by atoms with Crippen LogP contribution in [0.5, 0.6) is 0 Å². The number of hydrogen-bond donors (Lipinski definition) is 1. The lowest BCUT2D eigenvalue weighted by Gasteiger charge is -2.05. The molecule has 0 spiro atoms. The van der Waals surface area contributed by atoms with Crippen LogP contribution >= 0.6 is 0 Å². The van der Waals surface area contributed by atoms with Gasteiger partial charge in [-0.25, -0.2) is 0 Å². The van der Waals surface area contributed by atoms with Crippen molar-refractivity contribution in [2.24, 2.45) is 0 Å². The molecule has 0 bridgehead atoms. The van der Waals surface area contributed by atoms with Gasteiger partial charge in [0.2, 0.25) is 0 Å². The predicted octanol–water partition coefficient (Wildman–Crippen LogP) is 1.00. The van der Waals surface area contributed by atoms with Crippen molar-refractivity contribution < 1.29 is 5.11 Å². The second-order valence-corrected chi connectivity index (χ2v) is 2.13. The van der Waals surface area contributed by atoms with Gasteiger partial charge in [-0.3, -0.25) is 5.73 Å².